The molecule has 1 unspecified atom stereocenters. The van der Waals surface area contributed by atoms with E-state index in [1.807, 2.05) is 48.5 Å². The Balaban J connectivity index is 1.65. The van der Waals surface area contributed by atoms with Crippen molar-refractivity contribution in [3.05, 3.63) is 58.6 Å². The molecule has 0 spiro atoms. The summed E-state index contributed by atoms with van der Waals surface area (Å²) in [6, 6.07) is 15.3. The number of rotatable bonds is 4. The average Bonchev–Trinajstić information content (AvgIpc) is 3.15. The van der Waals surface area contributed by atoms with Gasteiger partial charge in [-0.2, -0.15) is 0 Å². The fourth-order valence-electron chi connectivity index (χ4n) is 3.13. The number of halogens is 1. The first-order valence-electron chi connectivity index (χ1n) is 8.29. The molecule has 0 saturated carbocycles. The molecule has 130 valence electrons. The summed E-state index contributed by atoms with van der Waals surface area (Å²) in [6.45, 7) is 1.73. The zero-order valence-corrected chi connectivity index (χ0v) is 15.1. The molecule has 0 aromatic heterocycles. The van der Waals surface area contributed by atoms with Gasteiger partial charge >= 0.3 is 0 Å². The molecule has 1 saturated heterocycles. The van der Waals surface area contributed by atoms with Crippen LogP contribution in [0.4, 0.5) is 5.69 Å². The first-order valence-corrected chi connectivity index (χ1v) is 9.08. The summed E-state index contributed by atoms with van der Waals surface area (Å²) in [5.41, 5.74) is 1.61. The Labute approximate surface area is 154 Å². The first-order chi connectivity index (χ1) is 12.2. The van der Waals surface area contributed by atoms with Crippen molar-refractivity contribution in [1.82, 2.24) is 0 Å². The lowest BCUT2D eigenvalue weighted by Crippen LogP contribution is -2.42. The molecule has 1 atom stereocenters. The molecule has 6 heteroatoms. The summed E-state index contributed by atoms with van der Waals surface area (Å²) in [5.74, 6) is 0.610. The van der Waals surface area contributed by atoms with Gasteiger partial charge in [0.05, 0.1) is 23.4 Å². The number of anilines is 1. The molecule has 2 aliphatic heterocycles. The van der Waals surface area contributed by atoms with Gasteiger partial charge in [-0.25, -0.2) is 0 Å². The van der Waals surface area contributed by atoms with Crippen LogP contribution in [0.1, 0.15) is 18.1 Å². The summed E-state index contributed by atoms with van der Waals surface area (Å²) >= 11 is 3.53. The van der Waals surface area contributed by atoms with Gasteiger partial charge in [0.15, 0.2) is 12.0 Å². The molecule has 0 bridgehead atoms. The van der Waals surface area contributed by atoms with Crippen molar-refractivity contribution in [2.24, 2.45) is 0 Å². The summed E-state index contributed by atoms with van der Waals surface area (Å²) in [7, 11) is 0. The molecule has 0 N–H and O–H groups in total. The van der Waals surface area contributed by atoms with Crippen molar-refractivity contribution >= 4 is 27.5 Å². The standard InChI is InChI=1S/C19H18BrNO4/c20-14-7-4-8-15-18(14)25-17(13-5-2-1-3-6-13)19(22)21(15)10-9-16-23-11-12-24-16/h1-8,16-17H,9-12H2. The fourth-order valence-corrected chi connectivity index (χ4v) is 3.58. The topological polar surface area (TPSA) is 48.0 Å². The van der Waals surface area contributed by atoms with Gasteiger partial charge in [0.2, 0.25) is 6.10 Å². The predicted octanol–water partition coefficient (Wildman–Crippen LogP) is 3.68. The number of para-hydroxylation sites is 1. The van der Waals surface area contributed by atoms with Gasteiger partial charge in [-0.1, -0.05) is 36.4 Å². The molecular formula is C19H18BrNO4. The van der Waals surface area contributed by atoms with Gasteiger partial charge in [0, 0.05) is 18.5 Å². The maximum atomic E-state index is 13.1. The lowest BCUT2D eigenvalue weighted by atomic mass is 10.1. The predicted molar refractivity (Wildman–Crippen MR) is 96.6 cm³/mol. The van der Waals surface area contributed by atoms with E-state index in [-0.39, 0.29) is 12.2 Å². The Kier molecular flexibility index (Phi) is 4.74. The van der Waals surface area contributed by atoms with Crippen molar-refractivity contribution in [3.63, 3.8) is 0 Å². The highest BCUT2D eigenvalue weighted by Gasteiger charge is 2.36. The van der Waals surface area contributed by atoms with Crippen molar-refractivity contribution in [1.29, 1.82) is 0 Å². The minimum absolute atomic E-state index is 0.0743. The van der Waals surface area contributed by atoms with Crippen molar-refractivity contribution in [2.45, 2.75) is 18.8 Å². The van der Waals surface area contributed by atoms with Crippen molar-refractivity contribution in [2.75, 3.05) is 24.7 Å². The highest BCUT2D eigenvalue weighted by Crippen LogP contribution is 2.43. The number of hydrogen-bond donors (Lipinski definition) is 0. The molecule has 4 rings (SSSR count). The van der Waals surface area contributed by atoms with Crippen LogP contribution in [0.15, 0.2) is 53.0 Å². The van der Waals surface area contributed by atoms with Crippen LogP contribution in [0.5, 0.6) is 5.75 Å². The summed E-state index contributed by atoms with van der Waals surface area (Å²) in [6.07, 6.45) is -0.279. The lowest BCUT2D eigenvalue weighted by Gasteiger charge is -2.35. The second kappa shape index (κ2) is 7.15. The highest BCUT2D eigenvalue weighted by atomic mass is 79.9. The third-order valence-corrected chi connectivity index (χ3v) is 4.97. The molecule has 2 heterocycles. The molecule has 2 aliphatic rings. The normalized spacial score (nSPS) is 20.4. The van der Waals surface area contributed by atoms with Gasteiger partial charge in [0.1, 0.15) is 0 Å². The van der Waals surface area contributed by atoms with E-state index in [2.05, 4.69) is 15.9 Å². The summed E-state index contributed by atoms with van der Waals surface area (Å²) < 4.78 is 17.9. The Hall–Kier alpha value is -1.89. The quantitative estimate of drug-likeness (QED) is 0.780. The molecule has 25 heavy (non-hydrogen) atoms. The van der Waals surface area contributed by atoms with E-state index in [1.54, 1.807) is 4.90 Å². The number of carbonyl (C=O) groups excluding carboxylic acids is 1. The van der Waals surface area contributed by atoms with Crippen LogP contribution in [0, 0.1) is 0 Å². The van der Waals surface area contributed by atoms with Crippen molar-refractivity contribution < 1.29 is 19.0 Å². The molecule has 5 nitrogen and oxygen atoms in total. The van der Waals surface area contributed by atoms with Crippen LogP contribution in [-0.2, 0) is 14.3 Å². The second-order valence-electron chi connectivity index (χ2n) is 5.95. The van der Waals surface area contributed by atoms with E-state index in [4.69, 9.17) is 14.2 Å². The maximum Gasteiger partial charge on any atom is 0.272 e. The first kappa shape index (κ1) is 16.6. The largest absolute Gasteiger partial charge is 0.472 e. The van der Waals surface area contributed by atoms with Crippen LogP contribution < -0.4 is 9.64 Å². The number of nitrogens with zero attached hydrogens (tertiary/aromatic N) is 1. The Morgan fingerprint density at radius 3 is 2.56 bits per heavy atom. The number of benzene rings is 2. The molecule has 2 aromatic carbocycles. The lowest BCUT2D eigenvalue weighted by molar-refractivity contribution is -0.127. The third-order valence-electron chi connectivity index (χ3n) is 4.34. The van der Waals surface area contributed by atoms with E-state index >= 15 is 0 Å². The smallest absolute Gasteiger partial charge is 0.272 e. The second-order valence-corrected chi connectivity index (χ2v) is 6.80. The van der Waals surface area contributed by atoms with E-state index in [1.165, 1.54) is 0 Å². The Bertz CT molecular complexity index is 761. The summed E-state index contributed by atoms with van der Waals surface area (Å²) in [4.78, 5) is 14.9. The Morgan fingerprint density at radius 2 is 1.80 bits per heavy atom. The molecular weight excluding hydrogens is 386 g/mol. The van der Waals surface area contributed by atoms with E-state index < -0.39 is 6.10 Å². The van der Waals surface area contributed by atoms with Crippen LogP contribution >= 0.6 is 15.9 Å². The molecule has 0 radical (unpaired) electrons. The SMILES string of the molecule is O=C1C(c2ccccc2)Oc2c(Br)cccc2N1CCC1OCCO1. The minimum Gasteiger partial charge on any atom is -0.472 e. The van der Waals surface area contributed by atoms with E-state index in [0.717, 1.165) is 15.7 Å². The number of fused-ring (bicyclic) bond motifs is 1. The monoisotopic (exact) mass is 403 g/mol. The van der Waals surface area contributed by atoms with E-state index in [0.29, 0.717) is 31.9 Å². The van der Waals surface area contributed by atoms with Gasteiger partial charge < -0.3 is 19.1 Å². The van der Waals surface area contributed by atoms with E-state index in [9.17, 15) is 4.79 Å². The molecule has 2 aromatic rings. The van der Waals surface area contributed by atoms with Crippen molar-refractivity contribution in [3.8, 4) is 5.75 Å². The van der Waals surface area contributed by atoms with Crippen LogP contribution in [0.3, 0.4) is 0 Å². The molecule has 1 fully saturated rings. The number of amides is 1. The number of ether oxygens (including phenoxy) is 3. The number of hydrogen-bond acceptors (Lipinski definition) is 4. The highest BCUT2D eigenvalue weighted by molar-refractivity contribution is 9.10. The van der Waals surface area contributed by atoms with Crippen LogP contribution in [0.2, 0.25) is 0 Å². The summed E-state index contributed by atoms with van der Waals surface area (Å²) in [5, 5.41) is 0. The molecule has 1 amide bonds. The fraction of sp³-hybridized carbons (Fsp3) is 0.316. The van der Waals surface area contributed by atoms with Gasteiger partial charge in [-0.15, -0.1) is 0 Å². The zero-order valence-electron chi connectivity index (χ0n) is 13.6. The minimum atomic E-state index is -0.655. The number of carbonyl (C=O) groups is 1. The zero-order chi connectivity index (χ0) is 17.2. The maximum absolute atomic E-state index is 13.1. The Morgan fingerprint density at radius 1 is 1.04 bits per heavy atom. The van der Waals surface area contributed by atoms with Crippen LogP contribution in [0.25, 0.3) is 0 Å². The van der Waals surface area contributed by atoms with Gasteiger partial charge in [-0.05, 0) is 28.1 Å². The van der Waals surface area contributed by atoms with Crippen LogP contribution in [-0.4, -0.2) is 32.0 Å². The average molecular weight is 404 g/mol. The molecule has 0 aliphatic carbocycles. The van der Waals surface area contributed by atoms with Gasteiger partial charge in [0.25, 0.3) is 5.91 Å². The third kappa shape index (κ3) is 3.29. The van der Waals surface area contributed by atoms with Gasteiger partial charge in [-0.3, -0.25) is 4.79 Å².